The number of hydrogen-bond donors (Lipinski definition) is 8. The Morgan fingerprint density at radius 3 is 2.44 bits per heavy atom. The number of rotatable bonds is 14. The van der Waals surface area contributed by atoms with Gasteiger partial charge in [0, 0.05) is 47.3 Å². The zero-order chi connectivity index (χ0) is 55.0. The van der Waals surface area contributed by atoms with Gasteiger partial charge in [0.2, 0.25) is 11.8 Å². The first-order valence-corrected chi connectivity index (χ1v) is 24.5. The molecule has 3 aromatic carbocycles. The van der Waals surface area contributed by atoms with Crippen LogP contribution in [0.1, 0.15) is 70.6 Å². The molecule has 3 aliphatic heterocycles. The van der Waals surface area contributed by atoms with Crippen molar-refractivity contribution in [2.45, 2.75) is 100 Å². The van der Waals surface area contributed by atoms with E-state index in [1.165, 1.54) is 30.2 Å². The number of pyridine rings is 1. The van der Waals surface area contributed by atoms with Crippen LogP contribution in [0.2, 0.25) is 10.0 Å². The van der Waals surface area contributed by atoms with Gasteiger partial charge < -0.3 is 55.7 Å². The van der Waals surface area contributed by atoms with Crippen molar-refractivity contribution in [3.8, 4) is 17.0 Å². The number of nitrogens with one attached hydrogen (secondary N) is 5. The number of aliphatic hydroxyl groups is 3. The third kappa shape index (κ3) is 12.0. The van der Waals surface area contributed by atoms with Crippen molar-refractivity contribution < 1.29 is 70.7 Å². The average molecular weight is 1110 g/mol. The van der Waals surface area contributed by atoms with E-state index in [0.29, 0.717) is 54.3 Å². The molecule has 5 heterocycles. The van der Waals surface area contributed by atoms with Crippen LogP contribution in [-0.2, 0) is 31.8 Å². The molecular formula is C49H46Cl2F5N11O10. The van der Waals surface area contributed by atoms with E-state index in [9.17, 15) is 56.4 Å². The Labute approximate surface area is 443 Å². The molecule has 0 bridgehead atoms. The van der Waals surface area contributed by atoms with Gasteiger partial charge in [-0.1, -0.05) is 28.4 Å². The SMILES string of the molecule is CC(=N)/N=C(\Nc1cc(Cl)ccc1C(F)(F)F)[C@@H]1O[C@H](CO)[C@H](O)[C@H](n2cc(-c3cc(F)c(Cl)c(F)c3)nn2)[C@H]1OCC(=O)N[C@H]1C[C@@H](Oc2ccc(C(=O)Nc3ccc4c(c3)CN(C3CCC(O)NC3=O)C4=O)nc2)C1. The van der Waals surface area contributed by atoms with Crippen LogP contribution in [0.5, 0.6) is 5.75 Å². The van der Waals surface area contributed by atoms with Crippen LogP contribution in [0.25, 0.3) is 11.3 Å². The standard InChI is InChI=1S/C49H46Cl2F5N11O10/c1-21(57)59-45(62-34-13-24(50)2-6-30(34)49(54,55)56)44-43(41(42(71)37(19-68)77-44)67-18-35(64-65-67)22-11-31(52)40(51)32(53)12-22)75-20-39(70)60-26-14-28(15-26)76-27-4-7-33(58-16-27)46(72)61-25-3-5-29-23(10-25)17-66(48(29)74)36-8-9-38(69)63-47(36)73/h2-7,10-13,16,18,26,28,36-38,41-44,68-69,71H,8-9,14-15,17,19-20H2,1H3,(H,60,70)(H,61,72)(H,63,73)(H2,57,59,62)/t26-,28+,36?,37-,38?,41+,42+,43-,44-/m1/s1. The molecule has 5 aromatic rings. The van der Waals surface area contributed by atoms with Crippen LogP contribution in [-0.4, -0.2) is 138 Å². The van der Waals surface area contributed by atoms with Crippen LogP contribution in [0, 0.1) is 17.0 Å². The number of aromatic nitrogens is 4. The maximum atomic E-state index is 14.5. The minimum atomic E-state index is -4.93. The summed E-state index contributed by atoms with van der Waals surface area (Å²) in [5, 5.41) is 57.7. The fourth-order valence-electron chi connectivity index (χ4n) is 9.35. The number of aliphatic hydroxyl groups excluding tert-OH is 3. The van der Waals surface area contributed by atoms with Crippen LogP contribution >= 0.6 is 23.2 Å². The van der Waals surface area contributed by atoms with Crippen LogP contribution in [0.15, 0.2) is 78.0 Å². The van der Waals surface area contributed by atoms with Crippen molar-refractivity contribution in [1.82, 2.24) is 35.5 Å². The van der Waals surface area contributed by atoms with Crippen LogP contribution in [0.4, 0.5) is 33.3 Å². The third-order valence-corrected chi connectivity index (χ3v) is 13.7. The molecule has 21 nitrogen and oxygen atoms in total. The van der Waals surface area contributed by atoms with E-state index < -0.39 is 132 Å². The van der Waals surface area contributed by atoms with Crippen molar-refractivity contribution in [2.75, 3.05) is 23.8 Å². The number of carbonyl (C=O) groups excluding carboxylic acids is 4. The molecule has 4 aliphatic rings. The van der Waals surface area contributed by atoms with E-state index >= 15 is 0 Å². The number of amides is 4. The number of halogens is 7. The number of carbonyl (C=O) groups is 4. The van der Waals surface area contributed by atoms with Gasteiger partial charge in [-0.3, -0.25) is 24.6 Å². The molecule has 4 amide bonds. The molecule has 2 unspecified atom stereocenters. The van der Waals surface area contributed by atoms with Crippen LogP contribution < -0.4 is 26.0 Å². The minimum absolute atomic E-state index is 0.0493. The lowest BCUT2D eigenvalue weighted by atomic mass is 9.89. The number of ether oxygens (including phenoxy) is 3. The Morgan fingerprint density at radius 1 is 1.01 bits per heavy atom. The molecule has 9 rings (SSSR count). The first-order chi connectivity index (χ1) is 36.6. The largest absolute Gasteiger partial charge is 0.489 e. The molecule has 77 heavy (non-hydrogen) atoms. The lowest BCUT2D eigenvalue weighted by Crippen LogP contribution is -2.60. The zero-order valence-electron chi connectivity index (χ0n) is 40.1. The molecule has 0 spiro atoms. The van der Waals surface area contributed by atoms with Crippen LogP contribution in [0.3, 0.4) is 0 Å². The van der Waals surface area contributed by atoms with Gasteiger partial charge in [0.15, 0.2) is 0 Å². The number of anilines is 2. The Kier molecular flexibility index (Phi) is 15.9. The predicted molar refractivity (Wildman–Crippen MR) is 263 cm³/mol. The normalized spacial score (nSPS) is 24.4. The van der Waals surface area contributed by atoms with Crippen molar-refractivity contribution in [1.29, 1.82) is 5.41 Å². The molecule has 406 valence electrons. The van der Waals surface area contributed by atoms with E-state index in [2.05, 4.69) is 41.6 Å². The smallest absolute Gasteiger partial charge is 0.418 e. The fourth-order valence-corrected chi connectivity index (χ4v) is 9.63. The number of benzene rings is 3. The molecule has 1 saturated carbocycles. The number of fused-ring (bicyclic) bond motifs is 1. The van der Waals surface area contributed by atoms with E-state index in [-0.39, 0.29) is 34.4 Å². The Bertz CT molecular complexity index is 3120. The quantitative estimate of drug-likeness (QED) is 0.0314. The van der Waals surface area contributed by atoms with Gasteiger partial charge in [-0.2, -0.15) is 13.2 Å². The molecule has 8 N–H and O–H groups in total. The maximum Gasteiger partial charge on any atom is 0.418 e. The van der Waals surface area contributed by atoms with Gasteiger partial charge >= 0.3 is 6.18 Å². The summed E-state index contributed by atoms with van der Waals surface area (Å²) in [5.74, 6) is -4.91. The molecule has 1 aliphatic carbocycles. The summed E-state index contributed by atoms with van der Waals surface area (Å²) in [5.41, 5.74) is -0.640. The lowest BCUT2D eigenvalue weighted by molar-refractivity contribution is -0.200. The molecule has 3 fully saturated rings. The Balaban J connectivity index is 0.856. The van der Waals surface area contributed by atoms with Crippen molar-refractivity contribution in [2.24, 2.45) is 4.99 Å². The summed E-state index contributed by atoms with van der Waals surface area (Å²) in [4.78, 5) is 62.1. The third-order valence-electron chi connectivity index (χ3n) is 13.1. The second-order valence-electron chi connectivity index (χ2n) is 18.5. The number of amidine groups is 2. The second kappa shape index (κ2) is 22.4. The summed E-state index contributed by atoms with van der Waals surface area (Å²) in [6.07, 6.45) is -9.24. The molecule has 2 saturated heterocycles. The highest BCUT2D eigenvalue weighted by molar-refractivity contribution is 6.31. The number of aliphatic imine (C=N–C) groups is 1. The van der Waals surface area contributed by atoms with Gasteiger partial charge in [0.05, 0.1) is 30.3 Å². The topological polar surface area (TPSA) is 288 Å². The van der Waals surface area contributed by atoms with Gasteiger partial charge in [-0.05, 0) is 86.0 Å². The summed E-state index contributed by atoms with van der Waals surface area (Å²) in [7, 11) is 0. The van der Waals surface area contributed by atoms with Gasteiger partial charge in [0.25, 0.3) is 11.8 Å². The average Bonchev–Trinajstić information content (AvgIpc) is 4.00. The van der Waals surface area contributed by atoms with Crippen molar-refractivity contribution in [3.05, 3.63) is 117 Å². The summed E-state index contributed by atoms with van der Waals surface area (Å²) < 4.78 is 91.2. The minimum Gasteiger partial charge on any atom is -0.489 e. The maximum absolute atomic E-state index is 14.5. The number of alkyl halides is 3. The summed E-state index contributed by atoms with van der Waals surface area (Å²) in [6.45, 7) is -0.323. The van der Waals surface area contributed by atoms with Crippen molar-refractivity contribution in [3.63, 3.8) is 0 Å². The van der Waals surface area contributed by atoms with Gasteiger partial charge in [0.1, 0.15) is 101 Å². The number of nitrogens with zero attached hydrogens (tertiary/aromatic N) is 6. The first-order valence-electron chi connectivity index (χ1n) is 23.7. The highest BCUT2D eigenvalue weighted by atomic mass is 35.5. The molecule has 0 radical (unpaired) electrons. The predicted octanol–water partition coefficient (Wildman–Crippen LogP) is 5.03. The Morgan fingerprint density at radius 2 is 1.77 bits per heavy atom. The Hall–Kier alpha value is -7.20. The molecule has 7 atom stereocenters. The first kappa shape index (κ1) is 54.6. The van der Waals surface area contributed by atoms with Gasteiger partial charge in [-0.25, -0.2) is 23.4 Å². The number of hydrogen-bond acceptors (Lipinski definition) is 14. The summed E-state index contributed by atoms with van der Waals surface area (Å²) >= 11 is 11.8. The van der Waals surface area contributed by atoms with Crippen molar-refractivity contribution >= 4 is 69.9 Å². The second-order valence-corrected chi connectivity index (χ2v) is 19.3. The number of piperidine rings is 1. The van der Waals surface area contributed by atoms with E-state index in [4.69, 9.17) is 42.8 Å². The van der Waals surface area contributed by atoms with Gasteiger partial charge in [-0.15, -0.1) is 5.10 Å². The molecule has 2 aromatic heterocycles. The monoisotopic (exact) mass is 1110 g/mol. The highest BCUT2D eigenvalue weighted by Crippen LogP contribution is 2.39. The highest BCUT2D eigenvalue weighted by Gasteiger charge is 2.50. The zero-order valence-corrected chi connectivity index (χ0v) is 41.6. The summed E-state index contributed by atoms with van der Waals surface area (Å²) in [6, 6.07) is 9.47. The van der Waals surface area contributed by atoms with E-state index in [1.807, 2.05) is 0 Å². The fraction of sp³-hybridized carbons (Fsp3) is 0.367. The van der Waals surface area contributed by atoms with E-state index in [0.717, 1.165) is 35.1 Å². The lowest BCUT2D eigenvalue weighted by Gasteiger charge is -2.44. The molecular weight excluding hydrogens is 1070 g/mol. The molecule has 28 heteroatoms. The van der Waals surface area contributed by atoms with E-state index in [1.54, 1.807) is 18.2 Å².